The third-order valence-corrected chi connectivity index (χ3v) is 7.54. The van der Waals surface area contributed by atoms with Crippen LogP contribution >= 0.6 is 0 Å². The highest BCUT2D eigenvalue weighted by Gasteiger charge is 2.31. The van der Waals surface area contributed by atoms with Crippen LogP contribution in [0.1, 0.15) is 48.8 Å². The summed E-state index contributed by atoms with van der Waals surface area (Å²) in [4.78, 5) is 24.5. The Bertz CT molecular complexity index is 1470. The van der Waals surface area contributed by atoms with Crippen molar-refractivity contribution >= 4 is 22.5 Å². The molecule has 1 saturated heterocycles. The molecule has 0 unspecified atom stereocenters. The zero-order valence-corrected chi connectivity index (χ0v) is 22.3. The van der Waals surface area contributed by atoms with Crippen LogP contribution in [0, 0.1) is 10.1 Å². The number of benzene rings is 3. The van der Waals surface area contributed by atoms with E-state index in [1.54, 1.807) is 19.2 Å². The second-order valence-corrected chi connectivity index (χ2v) is 10.4. The quantitative estimate of drug-likeness (QED) is 0.207. The first-order chi connectivity index (χ1) is 18.8. The molecule has 0 bridgehead atoms. The first kappa shape index (κ1) is 26.4. The molecule has 0 saturated carbocycles. The molecule has 1 aromatic heterocycles. The lowest BCUT2D eigenvalue weighted by Gasteiger charge is -2.24. The number of ether oxygens (including phenoxy) is 2. The summed E-state index contributed by atoms with van der Waals surface area (Å²) in [6.07, 6.45) is 4.12. The van der Waals surface area contributed by atoms with Crippen molar-refractivity contribution in [3.63, 3.8) is 0 Å². The first-order valence-electron chi connectivity index (χ1n) is 13.2. The highest BCUT2D eigenvalue weighted by atomic mass is 16.6. The van der Waals surface area contributed by atoms with E-state index in [1.165, 1.54) is 6.07 Å². The SMILES string of the molecule is COc1ccc(Cn2cc([C@@H](CC(=O)NC[C@@]3(C)CCCO3)c3cccc([N+](=O)[O-])c3)c3ccccc32)cc1. The van der Waals surface area contributed by atoms with Gasteiger partial charge in [0.1, 0.15) is 5.75 Å². The Morgan fingerprint density at radius 3 is 2.67 bits per heavy atom. The number of carbonyl (C=O) groups excluding carboxylic acids is 1. The molecule has 8 nitrogen and oxygen atoms in total. The fourth-order valence-corrected chi connectivity index (χ4v) is 5.39. The average molecular weight is 528 g/mol. The predicted molar refractivity (Wildman–Crippen MR) is 150 cm³/mol. The van der Waals surface area contributed by atoms with Crippen LogP contribution in [0.3, 0.4) is 0 Å². The van der Waals surface area contributed by atoms with Crippen molar-refractivity contribution in [2.24, 2.45) is 0 Å². The summed E-state index contributed by atoms with van der Waals surface area (Å²) in [6, 6.07) is 22.6. The van der Waals surface area contributed by atoms with Gasteiger partial charge in [0.2, 0.25) is 5.91 Å². The van der Waals surface area contributed by atoms with Crippen molar-refractivity contribution in [2.75, 3.05) is 20.3 Å². The topological polar surface area (TPSA) is 95.6 Å². The van der Waals surface area contributed by atoms with Gasteiger partial charge in [-0.05, 0) is 54.7 Å². The molecular formula is C31H33N3O5. The van der Waals surface area contributed by atoms with Gasteiger partial charge in [0.15, 0.2) is 0 Å². The van der Waals surface area contributed by atoms with Crippen LogP contribution in [-0.2, 0) is 16.1 Å². The number of rotatable bonds is 10. The van der Waals surface area contributed by atoms with Gasteiger partial charge in [0, 0.05) is 61.3 Å². The Hall–Kier alpha value is -4.17. The lowest BCUT2D eigenvalue weighted by atomic mass is 9.87. The van der Waals surface area contributed by atoms with Gasteiger partial charge >= 0.3 is 0 Å². The molecule has 39 heavy (non-hydrogen) atoms. The van der Waals surface area contributed by atoms with Crippen molar-refractivity contribution in [1.82, 2.24) is 9.88 Å². The van der Waals surface area contributed by atoms with E-state index in [-0.39, 0.29) is 29.5 Å². The maximum atomic E-state index is 13.3. The zero-order valence-electron chi connectivity index (χ0n) is 22.3. The molecule has 2 atom stereocenters. The average Bonchev–Trinajstić information content (AvgIpc) is 3.55. The minimum absolute atomic E-state index is 0.00625. The number of nitrogens with zero attached hydrogens (tertiary/aromatic N) is 2. The van der Waals surface area contributed by atoms with E-state index in [4.69, 9.17) is 9.47 Å². The molecule has 1 aliphatic rings. The molecule has 202 valence electrons. The van der Waals surface area contributed by atoms with Crippen molar-refractivity contribution in [3.05, 3.63) is 106 Å². The second kappa shape index (κ2) is 11.3. The largest absolute Gasteiger partial charge is 0.497 e. The molecule has 5 rings (SSSR count). The van der Waals surface area contributed by atoms with Gasteiger partial charge in [-0.2, -0.15) is 0 Å². The Morgan fingerprint density at radius 2 is 1.95 bits per heavy atom. The van der Waals surface area contributed by atoms with Crippen molar-refractivity contribution in [1.29, 1.82) is 0 Å². The summed E-state index contributed by atoms with van der Waals surface area (Å²) < 4.78 is 13.3. The smallest absolute Gasteiger partial charge is 0.269 e. The summed E-state index contributed by atoms with van der Waals surface area (Å²) in [5.74, 6) is 0.310. The number of nitro groups is 1. The third kappa shape index (κ3) is 5.96. The number of nitrogens with one attached hydrogen (secondary N) is 1. The second-order valence-electron chi connectivity index (χ2n) is 10.4. The van der Waals surface area contributed by atoms with Crippen LogP contribution < -0.4 is 10.1 Å². The minimum atomic E-state index is -0.397. The molecule has 1 amide bonds. The predicted octanol–water partition coefficient (Wildman–Crippen LogP) is 5.81. The third-order valence-electron chi connectivity index (χ3n) is 7.54. The van der Waals surface area contributed by atoms with E-state index in [2.05, 4.69) is 22.1 Å². The van der Waals surface area contributed by atoms with Gasteiger partial charge in [0.25, 0.3) is 5.69 Å². The monoisotopic (exact) mass is 527 g/mol. The Labute approximate surface area is 227 Å². The highest BCUT2D eigenvalue weighted by Crippen LogP contribution is 2.36. The summed E-state index contributed by atoms with van der Waals surface area (Å²) in [5, 5.41) is 15.7. The normalized spacial score (nSPS) is 17.7. The molecular weight excluding hydrogens is 494 g/mol. The van der Waals surface area contributed by atoms with E-state index >= 15 is 0 Å². The number of para-hydroxylation sites is 1. The molecule has 0 aliphatic carbocycles. The zero-order chi connectivity index (χ0) is 27.4. The molecule has 8 heteroatoms. The Morgan fingerprint density at radius 1 is 1.15 bits per heavy atom. The highest BCUT2D eigenvalue weighted by molar-refractivity contribution is 5.87. The van der Waals surface area contributed by atoms with E-state index in [0.717, 1.165) is 46.2 Å². The van der Waals surface area contributed by atoms with Crippen molar-refractivity contribution in [2.45, 2.75) is 44.2 Å². The number of fused-ring (bicyclic) bond motifs is 1. The lowest BCUT2D eigenvalue weighted by molar-refractivity contribution is -0.384. The number of hydrogen-bond acceptors (Lipinski definition) is 5. The van der Waals surface area contributed by atoms with Gasteiger partial charge < -0.3 is 19.4 Å². The molecule has 3 aromatic carbocycles. The van der Waals surface area contributed by atoms with E-state index in [1.807, 2.05) is 55.5 Å². The summed E-state index contributed by atoms with van der Waals surface area (Å²) in [6.45, 7) is 3.79. The Balaban J connectivity index is 1.51. The van der Waals surface area contributed by atoms with Crippen LogP contribution in [0.2, 0.25) is 0 Å². The molecule has 1 fully saturated rings. The van der Waals surface area contributed by atoms with Crippen molar-refractivity contribution < 1.29 is 19.2 Å². The number of amides is 1. The number of nitro benzene ring substituents is 1. The number of carbonyl (C=O) groups is 1. The van der Waals surface area contributed by atoms with Gasteiger partial charge in [0.05, 0.1) is 17.6 Å². The van der Waals surface area contributed by atoms with Gasteiger partial charge in [-0.3, -0.25) is 14.9 Å². The van der Waals surface area contributed by atoms with Crippen molar-refractivity contribution in [3.8, 4) is 5.75 Å². The first-order valence-corrected chi connectivity index (χ1v) is 13.2. The van der Waals surface area contributed by atoms with E-state index in [0.29, 0.717) is 19.7 Å². The lowest BCUT2D eigenvalue weighted by Crippen LogP contribution is -2.40. The van der Waals surface area contributed by atoms with E-state index in [9.17, 15) is 14.9 Å². The fourth-order valence-electron chi connectivity index (χ4n) is 5.39. The Kier molecular flexibility index (Phi) is 7.65. The number of non-ortho nitro benzene ring substituents is 1. The number of methoxy groups -OCH3 is 1. The van der Waals surface area contributed by atoms with Gasteiger partial charge in [-0.25, -0.2) is 0 Å². The fraction of sp³-hybridized carbons (Fsp3) is 0.323. The maximum absolute atomic E-state index is 13.3. The number of aromatic nitrogens is 1. The van der Waals surface area contributed by atoms with Gasteiger partial charge in [-0.1, -0.05) is 42.5 Å². The van der Waals surface area contributed by atoms with E-state index < -0.39 is 4.92 Å². The summed E-state index contributed by atoms with van der Waals surface area (Å²) in [5.41, 5.74) is 3.48. The molecule has 1 N–H and O–H groups in total. The van der Waals surface area contributed by atoms with Crippen LogP contribution in [-0.4, -0.2) is 41.3 Å². The molecule has 2 heterocycles. The molecule has 0 spiro atoms. The number of hydrogen-bond donors (Lipinski definition) is 1. The van der Waals surface area contributed by atoms with Crippen LogP contribution in [0.4, 0.5) is 5.69 Å². The minimum Gasteiger partial charge on any atom is -0.497 e. The van der Waals surface area contributed by atoms with Crippen LogP contribution in [0.25, 0.3) is 10.9 Å². The molecule has 4 aromatic rings. The van der Waals surface area contributed by atoms with Crippen LogP contribution in [0.5, 0.6) is 5.75 Å². The summed E-state index contributed by atoms with van der Waals surface area (Å²) in [7, 11) is 1.64. The maximum Gasteiger partial charge on any atom is 0.269 e. The van der Waals surface area contributed by atoms with Crippen LogP contribution in [0.15, 0.2) is 79.0 Å². The molecule has 1 aliphatic heterocycles. The van der Waals surface area contributed by atoms with Gasteiger partial charge in [-0.15, -0.1) is 0 Å². The summed E-state index contributed by atoms with van der Waals surface area (Å²) >= 11 is 0. The standard InChI is InChI=1S/C31H33N3O5/c1-31(15-6-16-39-31)21-32-30(35)18-27(23-7-5-8-24(17-23)34(36)37)28-20-33(29-10-4-3-9-26(28)29)19-22-11-13-25(38-2)14-12-22/h3-5,7-14,17,20,27H,6,15-16,18-19,21H2,1-2H3,(H,32,35)/t27-,31+/m0/s1. The molecule has 0 radical (unpaired) electrons.